The molecular formula is C10H10Cl2FNS. The van der Waals surface area contributed by atoms with Crippen molar-refractivity contribution in [2.75, 3.05) is 18.1 Å². The van der Waals surface area contributed by atoms with Gasteiger partial charge in [0.25, 0.3) is 0 Å². The van der Waals surface area contributed by atoms with Crippen LogP contribution in [0, 0.1) is 5.82 Å². The van der Waals surface area contributed by atoms with Gasteiger partial charge in [0.15, 0.2) is 0 Å². The first-order valence-corrected chi connectivity index (χ1v) is 6.55. The van der Waals surface area contributed by atoms with Crippen molar-refractivity contribution in [1.29, 1.82) is 0 Å². The van der Waals surface area contributed by atoms with Crippen molar-refractivity contribution >= 4 is 35.0 Å². The monoisotopic (exact) mass is 265 g/mol. The van der Waals surface area contributed by atoms with Crippen LogP contribution in [0.3, 0.4) is 0 Å². The van der Waals surface area contributed by atoms with Crippen LogP contribution in [0.5, 0.6) is 0 Å². The third-order valence-corrected chi connectivity index (χ3v) is 4.02. The molecule has 1 aromatic carbocycles. The fraction of sp³-hybridized carbons (Fsp3) is 0.400. The summed E-state index contributed by atoms with van der Waals surface area (Å²) in [5.74, 6) is 1.60. The minimum Gasteiger partial charge on any atom is -0.308 e. The zero-order valence-corrected chi connectivity index (χ0v) is 10.2. The Morgan fingerprint density at radius 2 is 2.13 bits per heavy atom. The summed E-state index contributed by atoms with van der Waals surface area (Å²) in [6, 6.07) is 3.02. The molecule has 1 saturated heterocycles. The lowest BCUT2D eigenvalue weighted by Gasteiger charge is -2.24. The van der Waals surface area contributed by atoms with Crippen molar-refractivity contribution < 1.29 is 4.39 Å². The fourth-order valence-corrected chi connectivity index (χ4v) is 3.05. The maximum absolute atomic E-state index is 13.3. The molecule has 0 aliphatic carbocycles. The molecule has 1 unspecified atom stereocenters. The number of halogens is 3. The lowest BCUT2D eigenvalue weighted by molar-refractivity contribution is 0.581. The van der Waals surface area contributed by atoms with Crippen molar-refractivity contribution in [1.82, 2.24) is 5.32 Å². The number of hydrogen-bond donors (Lipinski definition) is 1. The van der Waals surface area contributed by atoms with Gasteiger partial charge in [-0.05, 0) is 17.7 Å². The van der Waals surface area contributed by atoms with Gasteiger partial charge in [-0.25, -0.2) is 4.39 Å². The highest BCUT2D eigenvalue weighted by Gasteiger charge is 2.19. The van der Waals surface area contributed by atoms with Gasteiger partial charge in [0.1, 0.15) is 5.82 Å². The van der Waals surface area contributed by atoms with Gasteiger partial charge in [0.05, 0.1) is 5.02 Å². The van der Waals surface area contributed by atoms with E-state index in [0.29, 0.717) is 5.02 Å². The first kappa shape index (κ1) is 11.5. The molecule has 1 N–H and O–H groups in total. The lowest BCUT2D eigenvalue weighted by atomic mass is 10.1. The molecule has 1 atom stereocenters. The van der Waals surface area contributed by atoms with Gasteiger partial charge in [0.2, 0.25) is 0 Å². The quantitative estimate of drug-likeness (QED) is 0.781. The van der Waals surface area contributed by atoms with Gasteiger partial charge >= 0.3 is 0 Å². The molecule has 82 valence electrons. The van der Waals surface area contributed by atoms with E-state index in [2.05, 4.69) is 5.32 Å². The molecular weight excluding hydrogens is 256 g/mol. The van der Waals surface area contributed by atoms with E-state index in [4.69, 9.17) is 23.2 Å². The van der Waals surface area contributed by atoms with Gasteiger partial charge in [-0.15, -0.1) is 0 Å². The van der Waals surface area contributed by atoms with E-state index in [9.17, 15) is 4.39 Å². The Bertz CT molecular complexity index is 367. The number of thioether (sulfide) groups is 1. The summed E-state index contributed by atoms with van der Waals surface area (Å²) in [6.45, 7) is 0.926. The summed E-state index contributed by atoms with van der Waals surface area (Å²) in [7, 11) is 0. The Kier molecular flexibility index (Phi) is 3.78. The highest BCUT2D eigenvalue weighted by Crippen LogP contribution is 2.31. The number of hydrogen-bond acceptors (Lipinski definition) is 2. The standard InChI is InChI=1S/C10H10Cl2FNS/c11-7-4-8(12)9(13)3-6(7)10-5-15-2-1-14-10/h3-4,10,14H,1-2,5H2. The first-order chi connectivity index (χ1) is 7.18. The molecule has 0 amide bonds. The maximum Gasteiger partial charge on any atom is 0.142 e. The summed E-state index contributed by atoms with van der Waals surface area (Å²) in [4.78, 5) is 0. The highest BCUT2D eigenvalue weighted by atomic mass is 35.5. The summed E-state index contributed by atoms with van der Waals surface area (Å²) in [5, 5.41) is 3.91. The van der Waals surface area contributed by atoms with Crippen LogP contribution in [0.4, 0.5) is 4.39 Å². The Labute approximate surface area is 102 Å². The zero-order valence-electron chi connectivity index (χ0n) is 7.90. The van der Waals surface area contributed by atoms with Crippen LogP contribution in [0.2, 0.25) is 10.0 Å². The molecule has 5 heteroatoms. The van der Waals surface area contributed by atoms with Crippen LogP contribution in [0.25, 0.3) is 0 Å². The van der Waals surface area contributed by atoms with Crippen molar-refractivity contribution in [3.8, 4) is 0 Å². The van der Waals surface area contributed by atoms with Gasteiger partial charge in [-0.3, -0.25) is 0 Å². The normalized spacial score (nSPS) is 21.7. The largest absolute Gasteiger partial charge is 0.308 e. The van der Waals surface area contributed by atoms with Crippen molar-refractivity contribution in [3.63, 3.8) is 0 Å². The van der Waals surface area contributed by atoms with E-state index >= 15 is 0 Å². The Morgan fingerprint density at radius 3 is 2.80 bits per heavy atom. The summed E-state index contributed by atoms with van der Waals surface area (Å²) >= 11 is 13.5. The molecule has 1 heterocycles. The summed E-state index contributed by atoms with van der Waals surface area (Å²) in [5.41, 5.74) is 0.797. The van der Waals surface area contributed by atoms with E-state index in [-0.39, 0.29) is 11.1 Å². The van der Waals surface area contributed by atoms with Gasteiger partial charge < -0.3 is 5.32 Å². The second kappa shape index (κ2) is 4.91. The van der Waals surface area contributed by atoms with Crippen LogP contribution in [0.1, 0.15) is 11.6 Å². The molecule has 1 aliphatic rings. The van der Waals surface area contributed by atoms with E-state index < -0.39 is 5.82 Å². The third kappa shape index (κ3) is 2.59. The Hall–Kier alpha value is 0.0400. The van der Waals surface area contributed by atoms with Gasteiger partial charge in [0, 0.05) is 29.1 Å². The average Bonchev–Trinajstić information content (AvgIpc) is 2.25. The topological polar surface area (TPSA) is 12.0 Å². The molecule has 0 radical (unpaired) electrons. The van der Waals surface area contributed by atoms with Crippen LogP contribution < -0.4 is 5.32 Å². The van der Waals surface area contributed by atoms with Crippen LogP contribution in [-0.2, 0) is 0 Å². The second-order valence-electron chi connectivity index (χ2n) is 3.37. The molecule has 0 bridgehead atoms. The molecule has 15 heavy (non-hydrogen) atoms. The van der Waals surface area contributed by atoms with Gasteiger partial charge in [-0.2, -0.15) is 11.8 Å². The molecule has 0 aromatic heterocycles. The molecule has 1 nitrogen and oxygen atoms in total. The third-order valence-electron chi connectivity index (χ3n) is 2.34. The van der Waals surface area contributed by atoms with Gasteiger partial charge in [-0.1, -0.05) is 23.2 Å². The minimum absolute atomic E-state index is 0.0761. The fourth-order valence-electron chi connectivity index (χ4n) is 1.57. The SMILES string of the molecule is Fc1cc(C2CSCCN2)c(Cl)cc1Cl. The van der Waals surface area contributed by atoms with E-state index in [1.807, 2.05) is 11.8 Å². The molecule has 0 saturated carbocycles. The van der Waals surface area contributed by atoms with Crippen molar-refractivity contribution in [2.45, 2.75) is 6.04 Å². The van der Waals surface area contributed by atoms with Crippen LogP contribution in [-0.4, -0.2) is 18.1 Å². The van der Waals surface area contributed by atoms with Crippen molar-refractivity contribution in [3.05, 3.63) is 33.6 Å². The molecule has 0 spiro atoms. The molecule has 1 aromatic rings. The highest BCUT2D eigenvalue weighted by molar-refractivity contribution is 7.99. The number of benzene rings is 1. The zero-order chi connectivity index (χ0) is 10.8. The van der Waals surface area contributed by atoms with Crippen LogP contribution in [0.15, 0.2) is 12.1 Å². The number of nitrogens with one attached hydrogen (secondary N) is 1. The smallest absolute Gasteiger partial charge is 0.142 e. The predicted molar refractivity (Wildman–Crippen MR) is 64.5 cm³/mol. The Balaban J connectivity index is 2.30. The lowest BCUT2D eigenvalue weighted by Crippen LogP contribution is -2.30. The van der Waals surface area contributed by atoms with E-state index in [1.54, 1.807) is 0 Å². The molecule has 1 fully saturated rings. The van der Waals surface area contributed by atoms with E-state index in [1.165, 1.54) is 12.1 Å². The first-order valence-electron chi connectivity index (χ1n) is 4.64. The average molecular weight is 266 g/mol. The second-order valence-corrected chi connectivity index (χ2v) is 5.33. The van der Waals surface area contributed by atoms with Crippen molar-refractivity contribution in [2.24, 2.45) is 0 Å². The molecule has 2 rings (SSSR count). The molecule has 1 aliphatic heterocycles. The van der Waals surface area contributed by atoms with E-state index in [0.717, 1.165) is 23.6 Å². The minimum atomic E-state index is -0.409. The van der Waals surface area contributed by atoms with Crippen LogP contribution >= 0.6 is 35.0 Å². The predicted octanol–water partition coefficient (Wildman–Crippen LogP) is 3.51. The summed E-state index contributed by atoms with van der Waals surface area (Å²) < 4.78 is 13.3. The Morgan fingerprint density at radius 1 is 1.33 bits per heavy atom. The number of rotatable bonds is 1. The maximum atomic E-state index is 13.3. The summed E-state index contributed by atoms with van der Waals surface area (Å²) in [6.07, 6.45) is 0.